The fourth-order valence-corrected chi connectivity index (χ4v) is 3.29. The molecule has 3 nitrogen and oxygen atoms in total. The molecule has 2 atom stereocenters. The number of benzene rings is 1. The first kappa shape index (κ1) is 13.5. The molecule has 2 aliphatic carbocycles. The SMILES string of the molecule is Cc1cc(OC(C)C)ccc1NC(=O)C1CC2CC2C1. The quantitative estimate of drug-likeness (QED) is 0.907. The fourth-order valence-electron chi connectivity index (χ4n) is 3.29. The summed E-state index contributed by atoms with van der Waals surface area (Å²) in [5.41, 5.74) is 1.96. The summed E-state index contributed by atoms with van der Waals surface area (Å²) in [6.45, 7) is 6.03. The minimum atomic E-state index is 0.167. The smallest absolute Gasteiger partial charge is 0.227 e. The van der Waals surface area contributed by atoms with Crippen molar-refractivity contribution in [2.45, 2.75) is 46.1 Å². The summed E-state index contributed by atoms with van der Waals surface area (Å²) in [5, 5.41) is 3.08. The topological polar surface area (TPSA) is 38.3 Å². The van der Waals surface area contributed by atoms with Crippen molar-refractivity contribution in [3.8, 4) is 5.75 Å². The molecule has 0 radical (unpaired) electrons. The number of nitrogens with one attached hydrogen (secondary N) is 1. The van der Waals surface area contributed by atoms with Crippen LogP contribution in [0.1, 0.15) is 38.7 Å². The van der Waals surface area contributed by atoms with Crippen molar-refractivity contribution in [1.82, 2.24) is 0 Å². The lowest BCUT2D eigenvalue weighted by molar-refractivity contribution is -0.120. The number of hydrogen-bond donors (Lipinski definition) is 1. The van der Waals surface area contributed by atoms with Crippen LogP contribution >= 0.6 is 0 Å². The number of rotatable bonds is 4. The van der Waals surface area contributed by atoms with E-state index in [1.807, 2.05) is 39.0 Å². The maximum Gasteiger partial charge on any atom is 0.227 e. The first-order chi connectivity index (χ1) is 9.52. The number of carbonyl (C=O) groups excluding carboxylic acids is 1. The molecule has 108 valence electrons. The summed E-state index contributed by atoms with van der Waals surface area (Å²) in [6.07, 6.45) is 3.69. The fraction of sp³-hybridized carbons (Fsp3) is 0.588. The first-order valence-electron chi connectivity index (χ1n) is 7.61. The van der Waals surface area contributed by atoms with Crippen LogP contribution in [0.4, 0.5) is 5.69 Å². The van der Waals surface area contributed by atoms with Crippen LogP contribution < -0.4 is 10.1 Å². The van der Waals surface area contributed by atoms with Gasteiger partial charge in [0.05, 0.1) is 6.10 Å². The molecule has 1 N–H and O–H groups in total. The third-order valence-electron chi connectivity index (χ3n) is 4.44. The van der Waals surface area contributed by atoms with Gasteiger partial charge in [0.1, 0.15) is 5.75 Å². The molecule has 0 heterocycles. The van der Waals surface area contributed by atoms with Gasteiger partial charge in [-0.25, -0.2) is 0 Å². The van der Waals surface area contributed by atoms with Crippen LogP contribution in [0, 0.1) is 24.7 Å². The second-order valence-electron chi connectivity index (χ2n) is 6.56. The minimum absolute atomic E-state index is 0.167. The Morgan fingerprint density at radius 3 is 2.55 bits per heavy atom. The zero-order chi connectivity index (χ0) is 14.3. The van der Waals surface area contributed by atoms with Crippen LogP contribution in [0.2, 0.25) is 0 Å². The van der Waals surface area contributed by atoms with E-state index < -0.39 is 0 Å². The highest BCUT2D eigenvalue weighted by Crippen LogP contribution is 2.54. The summed E-state index contributed by atoms with van der Waals surface area (Å²) in [6, 6.07) is 5.86. The summed E-state index contributed by atoms with van der Waals surface area (Å²) in [5.74, 6) is 2.96. The van der Waals surface area contributed by atoms with E-state index in [0.717, 1.165) is 41.7 Å². The summed E-state index contributed by atoms with van der Waals surface area (Å²) < 4.78 is 5.66. The van der Waals surface area contributed by atoms with Crippen LogP contribution in [-0.2, 0) is 4.79 Å². The number of amides is 1. The number of aryl methyl sites for hydroxylation is 1. The van der Waals surface area contributed by atoms with Crippen molar-refractivity contribution in [2.24, 2.45) is 17.8 Å². The van der Waals surface area contributed by atoms with Crippen molar-refractivity contribution in [3.63, 3.8) is 0 Å². The van der Waals surface area contributed by atoms with Gasteiger partial charge in [0, 0.05) is 11.6 Å². The zero-order valence-corrected chi connectivity index (χ0v) is 12.5. The van der Waals surface area contributed by atoms with E-state index in [-0.39, 0.29) is 17.9 Å². The molecule has 0 spiro atoms. The van der Waals surface area contributed by atoms with Gasteiger partial charge in [-0.2, -0.15) is 0 Å². The monoisotopic (exact) mass is 273 g/mol. The van der Waals surface area contributed by atoms with Crippen molar-refractivity contribution >= 4 is 11.6 Å². The Bertz CT molecular complexity index is 514. The average molecular weight is 273 g/mol. The van der Waals surface area contributed by atoms with E-state index in [1.165, 1.54) is 6.42 Å². The molecule has 20 heavy (non-hydrogen) atoms. The van der Waals surface area contributed by atoms with E-state index >= 15 is 0 Å². The highest BCUT2D eigenvalue weighted by atomic mass is 16.5. The molecule has 2 saturated carbocycles. The Balaban J connectivity index is 1.63. The molecule has 1 aromatic carbocycles. The predicted molar refractivity (Wildman–Crippen MR) is 79.9 cm³/mol. The van der Waals surface area contributed by atoms with Crippen LogP contribution in [-0.4, -0.2) is 12.0 Å². The summed E-state index contributed by atoms with van der Waals surface area (Å²) in [7, 11) is 0. The summed E-state index contributed by atoms with van der Waals surface area (Å²) >= 11 is 0. The van der Waals surface area contributed by atoms with Gasteiger partial charge in [-0.05, 0) is 75.6 Å². The molecule has 3 rings (SSSR count). The van der Waals surface area contributed by atoms with E-state index in [9.17, 15) is 4.79 Å². The van der Waals surface area contributed by atoms with Gasteiger partial charge >= 0.3 is 0 Å². The second-order valence-corrected chi connectivity index (χ2v) is 6.56. The summed E-state index contributed by atoms with van der Waals surface area (Å²) in [4.78, 5) is 12.3. The zero-order valence-electron chi connectivity index (χ0n) is 12.5. The maximum absolute atomic E-state index is 12.3. The van der Waals surface area contributed by atoms with Gasteiger partial charge in [0.2, 0.25) is 5.91 Å². The van der Waals surface area contributed by atoms with Gasteiger partial charge < -0.3 is 10.1 Å². The normalized spacial score (nSPS) is 27.3. The Morgan fingerprint density at radius 2 is 1.95 bits per heavy atom. The van der Waals surface area contributed by atoms with Crippen molar-refractivity contribution in [1.29, 1.82) is 0 Å². The van der Waals surface area contributed by atoms with Crippen molar-refractivity contribution in [2.75, 3.05) is 5.32 Å². The van der Waals surface area contributed by atoms with E-state index in [4.69, 9.17) is 4.74 Å². The van der Waals surface area contributed by atoms with Crippen LogP contribution in [0.5, 0.6) is 5.75 Å². The Labute approximate surface area is 120 Å². The largest absolute Gasteiger partial charge is 0.491 e. The molecular formula is C17H23NO2. The predicted octanol–water partition coefficient (Wildman–Crippen LogP) is 3.77. The first-order valence-corrected chi connectivity index (χ1v) is 7.61. The molecule has 0 aromatic heterocycles. The molecule has 0 aliphatic heterocycles. The van der Waals surface area contributed by atoms with Gasteiger partial charge in [-0.1, -0.05) is 0 Å². The number of fused-ring (bicyclic) bond motifs is 1. The Kier molecular flexibility index (Phi) is 3.45. The highest BCUT2D eigenvalue weighted by Gasteiger charge is 2.47. The number of ether oxygens (including phenoxy) is 1. The lowest BCUT2D eigenvalue weighted by Crippen LogP contribution is -2.22. The number of anilines is 1. The highest BCUT2D eigenvalue weighted by molar-refractivity contribution is 5.93. The van der Waals surface area contributed by atoms with Gasteiger partial charge in [0.25, 0.3) is 0 Å². The van der Waals surface area contributed by atoms with Crippen LogP contribution in [0.3, 0.4) is 0 Å². The average Bonchev–Trinajstić information content (AvgIpc) is 2.98. The van der Waals surface area contributed by atoms with Crippen LogP contribution in [0.15, 0.2) is 18.2 Å². The third-order valence-corrected chi connectivity index (χ3v) is 4.44. The second kappa shape index (κ2) is 5.12. The molecule has 0 saturated heterocycles. The molecular weight excluding hydrogens is 250 g/mol. The molecule has 2 aliphatic rings. The molecule has 3 heteroatoms. The third kappa shape index (κ3) is 2.82. The standard InChI is InChI=1S/C17H23NO2/c1-10(2)20-15-4-5-16(11(3)6-15)18-17(19)14-8-12-7-13(12)9-14/h4-6,10,12-14H,7-9H2,1-3H3,(H,18,19). The van der Waals surface area contributed by atoms with Crippen LogP contribution in [0.25, 0.3) is 0 Å². The van der Waals surface area contributed by atoms with E-state index in [1.54, 1.807) is 0 Å². The van der Waals surface area contributed by atoms with Gasteiger partial charge in [0.15, 0.2) is 0 Å². The number of carbonyl (C=O) groups is 1. The number of hydrogen-bond acceptors (Lipinski definition) is 2. The van der Waals surface area contributed by atoms with Crippen molar-refractivity contribution < 1.29 is 9.53 Å². The van der Waals surface area contributed by atoms with Gasteiger partial charge in [-0.3, -0.25) is 4.79 Å². The molecule has 1 amide bonds. The van der Waals surface area contributed by atoms with Gasteiger partial charge in [-0.15, -0.1) is 0 Å². The molecule has 2 fully saturated rings. The maximum atomic E-state index is 12.3. The van der Waals surface area contributed by atoms with Crippen molar-refractivity contribution in [3.05, 3.63) is 23.8 Å². The molecule has 2 unspecified atom stereocenters. The molecule has 0 bridgehead atoms. The molecule has 1 aromatic rings. The lowest BCUT2D eigenvalue weighted by atomic mass is 10.0. The Morgan fingerprint density at radius 1 is 1.25 bits per heavy atom. The van der Waals surface area contributed by atoms with E-state index in [0.29, 0.717) is 0 Å². The minimum Gasteiger partial charge on any atom is -0.491 e. The Hall–Kier alpha value is -1.51. The lowest BCUT2D eigenvalue weighted by Gasteiger charge is -2.16. The van der Waals surface area contributed by atoms with E-state index in [2.05, 4.69) is 5.32 Å².